The van der Waals surface area contributed by atoms with Gasteiger partial charge in [-0.15, -0.1) is 16.4 Å². The van der Waals surface area contributed by atoms with Crippen LogP contribution in [0.2, 0.25) is 0 Å². The van der Waals surface area contributed by atoms with Crippen LogP contribution in [0.5, 0.6) is 0 Å². The summed E-state index contributed by atoms with van der Waals surface area (Å²) in [6.07, 6.45) is 0. The molecule has 1 atom stereocenters. The summed E-state index contributed by atoms with van der Waals surface area (Å²) in [5.74, 6) is 1.33. The highest BCUT2D eigenvalue weighted by Gasteiger charge is 2.11. The number of rotatable bonds is 7. The van der Waals surface area contributed by atoms with Gasteiger partial charge in [-0.2, -0.15) is 0 Å². The number of carbonyl (C=O) groups excluding carboxylic acids is 1. The molecule has 0 radical (unpaired) electrons. The van der Waals surface area contributed by atoms with Gasteiger partial charge >= 0.3 is 0 Å². The SMILES string of the molecule is C[C@H](CNC(=O)CSc1n[nH]c(-c2cccs2)n1)c1ccccc1. The van der Waals surface area contributed by atoms with E-state index in [0.717, 1.165) is 10.7 Å². The van der Waals surface area contributed by atoms with E-state index in [1.165, 1.54) is 17.3 Å². The predicted molar refractivity (Wildman–Crippen MR) is 98.3 cm³/mol. The van der Waals surface area contributed by atoms with Crippen molar-refractivity contribution >= 4 is 29.0 Å². The third-order valence-electron chi connectivity index (χ3n) is 3.53. The molecule has 0 saturated heterocycles. The average molecular weight is 358 g/mol. The van der Waals surface area contributed by atoms with Crippen molar-refractivity contribution in [2.45, 2.75) is 18.0 Å². The van der Waals surface area contributed by atoms with Gasteiger partial charge in [-0.05, 0) is 22.9 Å². The van der Waals surface area contributed by atoms with Gasteiger partial charge < -0.3 is 5.32 Å². The van der Waals surface area contributed by atoms with Gasteiger partial charge in [0, 0.05) is 6.54 Å². The molecule has 5 nitrogen and oxygen atoms in total. The van der Waals surface area contributed by atoms with Gasteiger partial charge in [-0.1, -0.05) is 55.1 Å². The molecule has 124 valence electrons. The standard InChI is InChI=1S/C17H18N4OS2/c1-12(13-6-3-2-4-7-13)10-18-15(22)11-24-17-19-16(20-21-17)14-8-5-9-23-14/h2-9,12H,10-11H2,1H3,(H,18,22)(H,19,20,21)/t12-/m1/s1. The Bertz CT molecular complexity index is 771. The molecule has 1 amide bonds. The summed E-state index contributed by atoms with van der Waals surface area (Å²) < 4.78 is 0. The lowest BCUT2D eigenvalue weighted by molar-refractivity contribution is -0.118. The highest BCUT2D eigenvalue weighted by atomic mass is 32.2. The van der Waals surface area contributed by atoms with Gasteiger partial charge in [0.15, 0.2) is 5.82 Å². The van der Waals surface area contributed by atoms with Gasteiger partial charge in [0.2, 0.25) is 11.1 Å². The van der Waals surface area contributed by atoms with Crippen LogP contribution in [-0.2, 0) is 4.79 Å². The number of aromatic nitrogens is 3. The maximum Gasteiger partial charge on any atom is 0.230 e. The van der Waals surface area contributed by atoms with Crippen LogP contribution in [0.4, 0.5) is 0 Å². The average Bonchev–Trinajstić information content (AvgIpc) is 3.29. The van der Waals surface area contributed by atoms with Gasteiger partial charge in [0.1, 0.15) is 0 Å². The quantitative estimate of drug-likeness (QED) is 0.634. The first-order valence-corrected chi connectivity index (χ1v) is 9.49. The first-order chi connectivity index (χ1) is 11.7. The fraction of sp³-hybridized carbons (Fsp3) is 0.235. The van der Waals surface area contributed by atoms with Crippen LogP contribution in [0, 0.1) is 0 Å². The third-order valence-corrected chi connectivity index (χ3v) is 5.25. The lowest BCUT2D eigenvalue weighted by atomic mass is 10.0. The molecule has 0 aliphatic heterocycles. The van der Waals surface area contributed by atoms with Crippen molar-refractivity contribution in [2.75, 3.05) is 12.3 Å². The Labute approximate surface area is 148 Å². The van der Waals surface area contributed by atoms with Crippen LogP contribution in [0.3, 0.4) is 0 Å². The van der Waals surface area contributed by atoms with E-state index in [1.807, 2.05) is 35.7 Å². The number of benzene rings is 1. The van der Waals surface area contributed by atoms with Gasteiger partial charge in [0.25, 0.3) is 0 Å². The van der Waals surface area contributed by atoms with Crippen molar-refractivity contribution in [1.82, 2.24) is 20.5 Å². The van der Waals surface area contributed by atoms with Crippen LogP contribution in [-0.4, -0.2) is 33.4 Å². The first-order valence-electron chi connectivity index (χ1n) is 7.63. The molecule has 0 fully saturated rings. The lowest BCUT2D eigenvalue weighted by Gasteiger charge is -2.12. The summed E-state index contributed by atoms with van der Waals surface area (Å²) in [6, 6.07) is 14.1. The second-order valence-electron chi connectivity index (χ2n) is 5.35. The van der Waals surface area contributed by atoms with Crippen molar-refractivity contribution in [2.24, 2.45) is 0 Å². The molecule has 2 N–H and O–H groups in total. The number of thiophene rings is 1. The van der Waals surface area contributed by atoms with Crippen LogP contribution >= 0.6 is 23.1 Å². The number of nitrogens with zero attached hydrogens (tertiary/aromatic N) is 2. The van der Waals surface area contributed by atoms with E-state index >= 15 is 0 Å². The van der Waals surface area contributed by atoms with Gasteiger partial charge in [-0.25, -0.2) is 4.98 Å². The normalized spacial score (nSPS) is 12.0. The number of H-pyrrole nitrogens is 1. The Hall–Kier alpha value is -2.12. The van der Waals surface area contributed by atoms with E-state index in [2.05, 4.69) is 39.6 Å². The molecule has 3 rings (SSSR count). The lowest BCUT2D eigenvalue weighted by Crippen LogP contribution is -2.29. The summed E-state index contributed by atoms with van der Waals surface area (Å²) in [6.45, 7) is 2.73. The largest absolute Gasteiger partial charge is 0.355 e. The number of amides is 1. The zero-order valence-corrected chi connectivity index (χ0v) is 14.9. The van der Waals surface area contributed by atoms with E-state index in [-0.39, 0.29) is 11.8 Å². The minimum absolute atomic E-state index is 0.00902. The Morgan fingerprint density at radius 3 is 2.88 bits per heavy atom. The van der Waals surface area contributed by atoms with Crippen molar-refractivity contribution in [3.63, 3.8) is 0 Å². The molecule has 0 aliphatic rings. The van der Waals surface area contributed by atoms with Crippen molar-refractivity contribution in [3.8, 4) is 10.7 Å². The Morgan fingerprint density at radius 1 is 1.29 bits per heavy atom. The Kier molecular flexibility index (Phi) is 5.66. The molecule has 2 heterocycles. The third kappa shape index (κ3) is 4.46. The van der Waals surface area contributed by atoms with E-state index in [9.17, 15) is 4.79 Å². The molecule has 7 heteroatoms. The topological polar surface area (TPSA) is 70.7 Å². The fourth-order valence-electron chi connectivity index (χ4n) is 2.18. The number of aromatic amines is 1. The van der Waals surface area contributed by atoms with Crippen LogP contribution in [0.1, 0.15) is 18.4 Å². The summed E-state index contributed by atoms with van der Waals surface area (Å²) in [4.78, 5) is 17.4. The monoisotopic (exact) mass is 358 g/mol. The first kappa shape index (κ1) is 16.7. The molecule has 0 bridgehead atoms. The zero-order chi connectivity index (χ0) is 16.8. The van der Waals surface area contributed by atoms with Crippen LogP contribution in [0.15, 0.2) is 53.0 Å². The highest BCUT2D eigenvalue weighted by Crippen LogP contribution is 2.23. The minimum atomic E-state index is -0.00902. The van der Waals surface area contributed by atoms with E-state index in [0.29, 0.717) is 17.5 Å². The number of nitrogens with one attached hydrogen (secondary N) is 2. The van der Waals surface area contributed by atoms with E-state index < -0.39 is 0 Å². The molecule has 2 aromatic heterocycles. The summed E-state index contributed by atoms with van der Waals surface area (Å²) in [7, 11) is 0. The van der Waals surface area contributed by atoms with Crippen molar-refractivity contribution < 1.29 is 4.79 Å². The predicted octanol–water partition coefficient (Wildman–Crippen LogP) is 3.55. The highest BCUT2D eigenvalue weighted by molar-refractivity contribution is 7.99. The molecule has 0 saturated carbocycles. The molecule has 1 aromatic carbocycles. The maximum absolute atomic E-state index is 12.0. The van der Waals surface area contributed by atoms with Crippen molar-refractivity contribution in [1.29, 1.82) is 0 Å². The molecule has 0 spiro atoms. The zero-order valence-electron chi connectivity index (χ0n) is 13.2. The minimum Gasteiger partial charge on any atom is -0.355 e. The second kappa shape index (κ2) is 8.12. The number of thioether (sulfide) groups is 1. The summed E-state index contributed by atoms with van der Waals surface area (Å²) in [5.41, 5.74) is 1.22. The van der Waals surface area contributed by atoms with E-state index in [1.54, 1.807) is 11.3 Å². The maximum atomic E-state index is 12.0. The molecule has 0 unspecified atom stereocenters. The summed E-state index contributed by atoms with van der Waals surface area (Å²) in [5, 5.41) is 12.6. The number of carbonyl (C=O) groups is 1. The van der Waals surface area contributed by atoms with Crippen molar-refractivity contribution in [3.05, 3.63) is 53.4 Å². The molecular formula is C17H18N4OS2. The number of hydrogen-bond donors (Lipinski definition) is 2. The molecule has 24 heavy (non-hydrogen) atoms. The smallest absolute Gasteiger partial charge is 0.230 e. The van der Waals surface area contributed by atoms with E-state index in [4.69, 9.17) is 0 Å². The number of hydrogen-bond acceptors (Lipinski definition) is 5. The molecule has 0 aliphatic carbocycles. The fourth-order valence-corrected chi connectivity index (χ4v) is 3.47. The molecule has 3 aromatic rings. The van der Waals surface area contributed by atoms with Gasteiger partial charge in [0.05, 0.1) is 10.6 Å². The Balaban J connectivity index is 1.44. The van der Waals surface area contributed by atoms with Gasteiger partial charge in [-0.3, -0.25) is 9.89 Å². The summed E-state index contributed by atoms with van der Waals surface area (Å²) >= 11 is 2.93. The van der Waals surface area contributed by atoms with Crippen LogP contribution in [0.25, 0.3) is 10.7 Å². The second-order valence-corrected chi connectivity index (χ2v) is 7.24. The molecular weight excluding hydrogens is 340 g/mol. The van der Waals surface area contributed by atoms with Crippen LogP contribution < -0.4 is 5.32 Å². The Morgan fingerprint density at radius 2 is 2.12 bits per heavy atom.